The molecule has 2 heterocycles. The number of hydrogen-bond donors (Lipinski definition) is 1. The lowest BCUT2D eigenvalue weighted by Gasteiger charge is -2.45. The van der Waals surface area contributed by atoms with Crippen LogP contribution in [0.3, 0.4) is 0 Å². The van der Waals surface area contributed by atoms with Gasteiger partial charge >= 0.3 is 0 Å². The number of piperidine rings is 1. The van der Waals surface area contributed by atoms with Gasteiger partial charge in [0, 0.05) is 35.5 Å². The number of carbonyl (C=O) groups excluding carboxylic acids is 1. The Bertz CT molecular complexity index is 334. The van der Waals surface area contributed by atoms with Gasteiger partial charge in [-0.15, -0.1) is 0 Å². The van der Waals surface area contributed by atoms with Gasteiger partial charge in [0.2, 0.25) is 5.91 Å². The second kappa shape index (κ2) is 6.04. The highest BCUT2D eigenvalue weighted by atomic mass is 32.2. The molecule has 108 valence electrons. The van der Waals surface area contributed by atoms with E-state index in [1.807, 2.05) is 0 Å². The molecule has 1 saturated carbocycles. The summed E-state index contributed by atoms with van der Waals surface area (Å²) in [6.07, 6.45) is 7.30. The molecular weight excluding hydrogens is 256 g/mol. The summed E-state index contributed by atoms with van der Waals surface area (Å²) in [5, 5.41) is 4.18. The van der Waals surface area contributed by atoms with Crippen molar-refractivity contribution in [3.63, 3.8) is 0 Å². The van der Waals surface area contributed by atoms with Crippen LogP contribution in [0.25, 0.3) is 0 Å². The molecular formula is C15H26N2OS. The van der Waals surface area contributed by atoms with Gasteiger partial charge in [0.05, 0.1) is 0 Å². The normalized spacial score (nSPS) is 39.7. The van der Waals surface area contributed by atoms with Crippen molar-refractivity contribution in [2.45, 2.75) is 62.8 Å². The number of hydrogen-bond acceptors (Lipinski definition) is 3. The summed E-state index contributed by atoms with van der Waals surface area (Å²) in [7, 11) is 0. The van der Waals surface area contributed by atoms with Crippen molar-refractivity contribution >= 4 is 17.7 Å². The van der Waals surface area contributed by atoms with Crippen LogP contribution >= 0.6 is 11.8 Å². The van der Waals surface area contributed by atoms with Gasteiger partial charge in [-0.05, 0) is 39.2 Å². The van der Waals surface area contributed by atoms with E-state index in [0.717, 1.165) is 36.9 Å². The molecule has 2 aliphatic heterocycles. The van der Waals surface area contributed by atoms with Gasteiger partial charge in [-0.3, -0.25) is 4.79 Å². The maximum Gasteiger partial charge on any atom is 0.226 e. The molecule has 2 unspecified atom stereocenters. The third-order valence-electron chi connectivity index (χ3n) is 4.99. The van der Waals surface area contributed by atoms with Crippen molar-refractivity contribution in [3.8, 4) is 0 Å². The smallest absolute Gasteiger partial charge is 0.226 e. The Labute approximate surface area is 120 Å². The minimum absolute atomic E-state index is 0.280. The molecule has 0 aromatic rings. The molecule has 1 N–H and O–H groups in total. The van der Waals surface area contributed by atoms with Crippen molar-refractivity contribution in [1.82, 2.24) is 10.2 Å². The van der Waals surface area contributed by atoms with E-state index in [0.29, 0.717) is 18.0 Å². The predicted molar refractivity (Wildman–Crippen MR) is 80.4 cm³/mol. The molecule has 1 amide bonds. The van der Waals surface area contributed by atoms with Crippen LogP contribution in [0.4, 0.5) is 0 Å². The topological polar surface area (TPSA) is 32.3 Å². The third-order valence-corrected chi connectivity index (χ3v) is 6.38. The van der Waals surface area contributed by atoms with E-state index in [4.69, 9.17) is 0 Å². The lowest BCUT2D eigenvalue weighted by molar-refractivity contribution is -0.139. The first kappa shape index (κ1) is 13.7. The van der Waals surface area contributed by atoms with Gasteiger partial charge in [-0.2, -0.15) is 11.8 Å². The van der Waals surface area contributed by atoms with E-state index in [-0.39, 0.29) is 5.92 Å². The number of nitrogens with one attached hydrogen (secondary N) is 1. The summed E-state index contributed by atoms with van der Waals surface area (Å²) in [5.74, 6) is 1.89. The van der Waals surface area contributed by atoms with Crippen LogP contribution in [0.2, 0.25) is 0 Å². The molecule has 0 aromatic heterocycles. The van der Waals surface area contributed by atoms with Crippen LogP contribution in [0.15, 0.2) is 0 Å². The van der Waals surface area contributed by atoms with Gasteiger partial charge in [-0.1, -0.05) is 12.8 Å². The molecule has 19 heavy (non-hydrogen) atoms. The Morgan fingerprint density at radius 1 is 1.26 bits per heavy atom. The maximum atomic E-state index is 12.8. The first-order valence-electron chi connectivity index (χ1n) is 7.91. The van der Waals surface area contributed by atoms with E-state index in [1.165, 1.54) is 25.7 Å². The standard InChI is InChI=1S/C15H26N2OS/c1-11-10-12(6-7-16-11)15(18)17-8-9-19-14-5-3-2-4-13(14)17/h11-14,16H,2-10H2,1H3/t11-,12-,13?,14?/m0/s1. The minimum Gasteiger partial charge on any atom is -0.338 e. The molecule has 0 aromatic carbocycles. The lowest BCUT2D eigenvalue weighted by Crippen LogP contribution is -2.54. The fourth-order valence-electron chi connectivity index (χ4n) is 3.96. The van der Waals surface area contributed by atoms with Gasteiger partial charge < -0.3 is 10.2 Å². The van der Waals surface area contributed by atoms with Gasteiger partial charge in [0.1, 0.15) is 0 Å². The number of rotatable bonds is 1. The van der Waals surface area contributed by atoms with Crippen LogP contribution in [-0.4, -0.2) is 47.0 Å². The van der Waals surface area contributed by atoms with E-state index in [2.05, 4.69) is 28.9 Å². The lowest BCUT2D eigenvalue weighted by atomic mass is 9.88. The van der Waals surface area contributed by atoms with Crippen molar-refractivity contribution in [2.24, 2.45) is 5.92 Å². The SMILES string of the molecule is C[C@H]1C[C@@H](C(=O)N2CCSC3CCCCC32)CCN1. The number of carbonyl (C=O) groups is 1. The Morgan fingerprint density at radius 2 is 2.11 bits per heavy atom. The average molecular weight is 282 g/mol. The molecule has 3 aliphatic rings. The average Bonchev–Trinajstić information content (AvgIpc) is 2.46. The molecule has 4 heteroatoms. The van der Waals surface area contributed by atoms with Gasteiger partial charge in [0.15, 0.2) is 0 Å². The molecule has 3 rings (SSSR count). The Kier molecular flexibility index (Phi) is 4.37. The zero-order valence-electron chi connectivity index (χ0n) is 11.9. The molecule has 2 saturated heterocycles. The summed E-state index contributed by atoms with van der Waals surface area (Å²) in [6.45, 7) is 4.20. The third kappa shape index (κ3) is 2.94. The highest BCUT2D eigenvalue weighted by Crippen LogP contribution is 2.36. The fourth-order valence-corrected chi connectivity index (χ4v) is 5.40. The van der Waals surface area contributed by atoms with E-state index in [9.17, 15) is 4.79 Å². The van der Waals surface area contributed by atoms with Crippen LogP contribution < -0.4 is 5.32 Å². The molecule has 0 spiro atoms. The van der Waals surface area contributed by atoms with Crippen LogP contribution in [0.5, 0.6) is 0 Å². The van der Waals surface area contributed by atoms with E-state index >= 15 is 0 Å². The zero-order valence-corrected chi connectivity index (χ0v) is 12.8. The molecule has 1 aliphatic carbocycles. The first-order chi connectivity index (χ1) is 9.25. The second-order valence-corrected chi connectivity index (χ2v) is 7.72. The number of fused-ring (bicyclic) bond motifs is 1. The summed E-state index contributed by atoms with van der Waals surface area (Å²) in [4.78, 5) is 15.1. The molecule has 4 atom stereocenters. The van der Waals surface area contributed by atoms with Gasteiger partial charge in [-0.25, -0.2) is 0 Å². The Hall–Kier alpha value is -0.220. The van der Waals surface area contributed by atoms with Crippen LogP contribution in [-0.2, 0) is 4.79 Å². The van der Waals surface area contributed by atoms with Gasteiger partial charge in [0.25, 0.3) is 0 Å². The van der Waals surface area contributed by atoms with Crippen molar-refractivity contribution in [1.29, 1.82) is 0 Å². The highest BCUT2D eigenvalue weighted by Gasteiger charge is 2.39. The summed E-state index contributed by atoms with van der Waals surface area (Å²) >= 11 is 2.11. The fraction of sp³-hybridized carbons (Fsp3) is 0.933. The largest absolute Gasteiger partial charge is 0.338 e. The Balaban J connectivity index is 1.67. The maximum absolute atomic E-state index is 12.8. The monoisotopic (exact) mass is 282 g/mol. The number of amides is 1. The quantitative estimate of drug-likeness (QED) is 0.801. The zero-order chi connectivity index (χ0) is 13.2. The van der Waals surface area contributed by atoms with Crippen LogP contribution in [0, 0.1) is 5.92 Å². The van der Waals surface area contributed by atoms with Crippen molar-refractivity contribution < 1.29 is 4.79 Å². The molecule has 0 radical (unpaired) electrons. The Morgan fingerprint density at radius 3 is 2.95 bits per heavy atom. The second-order valence-electron chi connectivity index (χ2n) is 6.37. The number of nitrogens with zero attached hydrogens (tertiary/aromatic N) is 1. The first-order valence-corrected chi connectivity index (χ1v) is 8.96. The predicted octanol–water partition coefficient (Wildman–Crippen LogP) is 2.26. The summed E-state index contributed by atoms with van der Waals surface area (Å²) in [5.41, 5.74) is 0. The molecule has 3 fully saturated rings. The number of thioether (sulfide) groups is 1. The highest BCUT2D eigenvalue weighted by molar-refractivity contribution is 8.00. The van der Waals surface area contributed by atoms with Crippen molar-refractivity contribution in [3.05, 3.63) is 0 Å². The van der Waals surface area contributed by atoms with E-state index < -0.39 is 0 Å². The minimum atomic E-state index is 0.280. The molecule has 3 nitrogen and oxygen atoms in total. The van der Waals surface area contributed by atoms with Crippen LogP contribution in [0.1, 0.15) is 45.4 Å². The molecule has 0 bridgehead atoms. The van der Waals surface area contributed by atoms with E-state index in [1.54, 1.807) is 0 Å². The summed E-state index contributed by atoms with van der Waals surface area (Å²) in [6, 6.07) is 1.05. The van der Waals surface area contributed by atoms with Crippen molar-refractivity contribution in [2.75, 3.05) is 18.8 Å². The summed E-state index contributed by atoms with van der Waals surface area (Å²) < 4.78 is 0.